The van der Waals surface area contributed by atoms with E-state index in [9.17, 15) is 4.79 Å². The normalized spacial score (nSPS) is 11.6. The summed E-state index contributed by atoms with van der Waals surface area (Å²) in [6.45, 7) is 5.16. The van der Waals surface area contributed by atoms with Crippen LogP contribution in [0.15, 0.2) is 96.6 Å². The smallest absolute Gasteiger partial charge is 0.223 e. The summed E-state index contributed by atoms with van der Waals surface area (Å²) >= 11 is 0. The van der Waals surface area contributed by atoms with Crippen LogP contribution in [-0.4, -0.2) is 17.4 Å². The van der Waals surface area contributed by atoms with Crippen LogP contribution >= 0.6 is 0 Å². The molecule has 1 amide bonds. The standard InChI is InChI=1S/C37H49NO/c1-3-5-7-8-9-10-21-29-36(39)38(31-33(24-14-6-4-2)30-32-22-15-11-16-23-32)37(34-25-17-12-18-26-34)35-27-19-13-20-28-35/h11-13,15-20,22-23,25-28,30,37H,3-10,14,21,24,29,31H2,1-2H3/b33-30+. The first kappa shape index (κ1) is 30.4. The van der Waals surface area contributed by atoms with Crippen LogP contribution in [0, 0.1) is 0 Å². The van der Waals surface area contributed by atoms with E-state index in [1.807, 2.05) is 0 Å². The van der Waals surface area contributed by atoms with Crippen molar-refractivity contribution in [2.45, 2.75) is 96.9 Å². The molecular weight excluding hydrogens is 474 g/mol. The molecular formula is C37H49NO. The molecule has 3 rings (SSSR count). The van der Waals surface area contributed by atoms with Crippen LogP contribution in [0.5, 0.6) is 0 Å². The van der Waals surface area contributed by atoms with Crippen LogP contribution in [-0.2, 0) is 4.79 Å². The molecule has 0 bridgehead atoms. The van der Waals surface area contributed by atoms with Crippen molar-refractivity contribution in [1.29, 1.82) is 0 Å². The fourth-order valence-corrected chi connectivity index (χ4v) is 5.33. The van der Waals surface area contributed by atoms with E-state index in [4.69, 9.17) is 0 Å². The maximum Gasteiger partial charge on any atom is 0.223 e. The highest BCUT2D eigenvalue weighted by molar-refractivity contribution is 5.78. The largest absolute Gasteiger partial charge is 0.328 e. The molecule has 0 heterocycles. The number of rotatable bonds is 18. The van der Waals surface area contributed by atoms with Gasteiger partial charge >= 0.3 is 0 Å². The number of carbonyl (C=O) groups excluding carboxylic acids is 1. The first-order valence-corrected chi connectivity index (χ1v) is 15.4. The summed E-state index contributed by atoms with van der Waals surface area (Å²) in [6.07, 6.45) is 16.0. The zero-order valence-corrected chi connectivity index (χ0v) is 24.4. The van der Waals surface area contributed by atoms with E-state index in [2.05, 4.69) is 116 Å². The van der Waals surface area contributed by atoms with E-state index in [1.54, 1.807) is 0 Å². The molecule has 0 unspecified atom stereocenters. The molecule has 0 fully saturated rings. The number of hydrogen-bond acceptors (Lipinski definition) is 1. The third-order valence-corrected chi connectivity index (χ3v) is 7.50. The van der Waals surface area contributed by atoms with Crippen LogP contribution in [0.25, 0.3) is 6.08 Å². The molecule has 0 N–H and O–H groups in total. The molecule has 3 aromatic rings. The van der Waals surface area contributed by atoms with Crippen LogP contribution in [0.2, 0.25) is 0 Å². The monoisotopic (exact) mass is 523 g/mol. The van der Waals surface area contributed by atoms with Crippen LogP contribution < -0.4 is 0 Å². The molecule has 0 spiro atoms. The van der Waals surface area contributed by atoms with E-state index >= 15 is 0 Å². The van der Waals surface area contributed by atoms with Crippen molar-refractivity contribution in [2.24, 2.45) is 0 Å². The van der Waals surface area contributed by atoms with E-state index in [-0.39, 0.29) is 11.9 Å². The summed E-state index contributed by atoms with van der Waals surface area (Å²) in [5, 5.41) is 0. The number of nitrogens with zero attached hydrogens (tertiary/aromatic N) is 1. The number of carbonyl (C=O) groups is 1. The average Bonchev–Trinajstić information content (AvgIpc) is 2.98. The van der Waals surface area contributed by atoms with Crippen molar-refractivity contribution < 1.29 is 4.79 Å². The van der Waals surface area contributed by atoms with Crippen LogP contribution in [0.3, 0.4) is 0 Å². The molecule has 208 valence electrons. The second kappa shape index (κ2) is 18.2. The molecule has 2 nitrogen and oxygen atoms in total. The number of benzene rings is 3. The summed E-state index contributed by atoms with van der Waals surface area (Å²) in [7, 11) is 0. The topological polar surface area (TPSA) is 20.3 Å². The van der Waals surface area contributed by atoms with Gasteiger partial charge < -0.3 is 4.90 Å². The second-order valence-corrected chi connectivity index (χ2v) is 10.8. The Kier molecular flexibility index (Phi) is 14.2. The highest BCUT2D eigenvalue weighted by Crippen LogP contribution is 2.31. The Labute approximate surface area is 238 Å². The number of amides is 1. The summed E-state index contributed by atoms with van der Waals surface area (Å²) in [6, 6.07) is 31.6. The predicted octanol–water partition coefficient (Wildman–Crippen LogP) is 10.4. The van der Waals surface area contributed by atoms with Gasteiger partial charge in [0.25, 0.3) is 0 Å². The highest BCUT2D eigenvalue weighted by Gasteiger charge is 2.27. The molecule has 0 aliphatic carbocycles. The lowest BCUT2D eigenvalue weighted by molar-refractivity contribution is -0.132. The molecule has 39 heavy (non-hydrogen) atoms. The second-order valence-electron chi connectivity index (χ2n) is 10.8. The lowest BCUT2D eigenvalue weighted by Gasteiger charge is -2.34. The summed E-state index contributed by atoms with van der Waals surface area (Å²) in [4.78, 5) is 16.3. The minimum atomic E-state index is -0.102. The molecule has 0 saturated carbocycles. The van der Waals surface area contributed by atoms with Crippen molar-refractivity contribution in [3.63, 3.8) is 0 Å². The number of unbranched alkanes of at least 4 members (excludes halogenated alkanes) is 8. The van der Waals surface area contributed by atoms with Crippen molar-refractivity contribution in [3.05, 3.63) is 113 Å². The summed E-state index contributed by atoms with van der Waals surface area (Å²) in [5.41, 5.74) is 4.88. The maximum absolute atomic E-state index is 14.1. The van der Waals surface area contributed by atoms with Crippen molar-refractivity contribution >= 4 is 12.0 Å². The van der Waals surface area contributed by atoms with Gasteiger partial charge in [-0.1, -0.05) is 168 Å². The van der Waals surface area contributed by atoms with Crippen LogP contribution in [0.1, 0.15) is 114 Å². The van der Waals surface area contributed by atoms with Gasteiger partial charge in [-0.05, 0) is 36.0 Å². The molecule has 3 aromatic carbocycles. The SMILES string of the molecule is CCCCCCCCCC(=O)N(C/C(=C/c1ccccc1)CCCCC)C(c1ccccc1)c1ccccc1. The van der Waals surface area contributed by atoms with E-state index in [0.29, 0.717) is 13.0 Å². The first-order chi connectivity index (χ1) is 19.2. The van der Waals surface area contributed by atoms with E-state index in [0.717, 1.165) is 25.7 Å². The van der Waals surface area contributed by atoms with Gasteiger partial charge in [0, 0.05) is 13.0 Å². The lowest BCUT2D eigenvalue weighted by atomic mass is 9.94. The Balaban J connectivity index is 1.90. The molecule has 2 heteroatoms. The van der Waals surface area contributed by atoms with Gasteiger partial charge in [-0.15, -0.1) is 0 Å². The van der Waals surface area contributed by atoms with Gasteiger partial charge in [0.1, 0.15) is 0 Å². The van der Waals surface area contributed by atoms with Gasteiger partial charge in [-0.25, -0.2) is 0 Å². The molecule has 0 aromatic heterocycles. The zero-order chi connectivity index (χ0) is 27.5. The van der Waals surface area contributed by atoms with Gasteiger partial charge in [-0.3, -0.25) is 4.79 Å². The quantitative estimate of drug-likeness (QED) is 0.152. The molecule has 0 saturated heterocycles. The Morgan fingerprint density at radius 3 is 1.64 bits per heavy atom. The Morgan fingerprint density at radius 2 is 1.08 bits per heavy atom. The van der Waals surface area contributed by atoms with Crippen LogP contribution in [0.4, 0.5) is 0 Å². The van der Waals surface area contributed by atoms with E-state index < -0.39 is 0 Å². The molecule has 0 aliphatic rings. The van der Waals surface area contributed by atoms with Crippen molar-refractivity contribution in [3.8, 4) is 0 Å². The Morgan fingerprint density at radius 1 is 0.615 bits per heavy atom. The third kappa shape index (κ3) is 10.9. The molecule has 0 atom stereocenters. The Hall–Kier alpha value is -3.13. The molecule has 0 aliphatic heterocycles. The zero-order valence-electron chi connectivity index (χ0n) is 24.4. The number of hydrogen-bond donors (Lipinski definition) is 0. The highest BCUT2D eigenvalue weighted by atomic mass is 16.2. The maximum atomic E-state index is 14.1. The van der Waals surface area contributed by atoms with Gasteiger partial charge in [-0.2, -0.15) is 0 Å². The average molecular weight is 524 g/mol. The van der Waals surface area contributed by atoms with Crippen molar-refractivity contribution in [1.82, 2.24) is 4.90 Å². The third-order valence-electron chi connectivity index (χ3n) is 7.50. The minimum Gasteiger partial charge on any atom is -0.328 e. The van der Waals surface area contributed by atoms with Gasteiger partial charge in [0.05, 0.1) is 6.04 Å². The summed E-state index contributed by atoms with van der Waals surface area (Å²) < 4.78 is 0. The first-order valence-electron chi connectivity index (χ1n) is 15.4. The fourth-order valence-electron chi connectivity index (χ4n) is 5.33. The lowest BCUT2D eigenvalue weighted by Crippen LogP contribution is -2.37. The minimum absolute atomic E-state index is 0.102. The summed E-state index contributed by atoms with van der Waals surface area (Å²) in [5.74, 6) is 0.260. The van der Waals surface area contributed by atoms with Crippen molar-refractivity contribution in [2.75, 3.05) is 6.54 Å². The van der Waals surface area contributed by atoms with E-state index in [1.165, 1.54) is 67.2 Å². The Bertz CT molecular complexity index is 1030. The van der Waals surface area contributed by atoms with Gasteiger partial charge in [0.15, 0.2) is 0 Å². The van der Waals surface area contributed by atoms with Gasteiger partial charge in [0.2, 0.25) is 5.91 Å². The fraction of sp³-hybridized carbons (Fsp3) is 0.432. The molecule has 0 radical (unpaired) electrons. The predicted molar refractivity (Wildman–Crippen MR) is 168 cm³/mol.